The molecule has 2 unspecified atom stereocenters. The Morgan fingerprint density at radius 2 is 2.43 bits per heavy atom. The van der Waals surface area contributed by atoms with Gasteiger partial charge in [-0.05, 0) is 25.2 Å². The molecule has 0 aromatic heterocycles. The molecule has 3 nitrogen and oxygen atoms in total. The summed E-state index contributed by atoms with van der Waals surface area (Å²) in [6, 6.07) is 0. The minimum atomic E-state index is -0.549. The lowest BCUT2D eigenvalue weighted by Crippen LogP contribution is -2.35. The Morgan fingerprint density at radius 3 is 3.00 bits per heavy atom. The molecule has 1 aliphatic rings. The van der Waals surface area contributed by atoms with Crippen LogP contribution in [0.4, 0.5) is 0 Å². The average Bonchev–Trinajstić information content (AvgIpc) is 2.18. The molecule has 0 N–H and O–H groups in total. The lowest BCUT2D eigenvalue weighted by atomic mass is 9.76. The first-order valence-corrected chi connectivity index (χ1v) is 4.92. The molecule has 14 heavy (non-hydrogen) atoms. The molecule has 0 aromatic carbocycles. The SMILES string of the molecule is C=CCC1CCCC(=O)C1C(=O)OC. The Bertz CT molecular complexity index is 237. The summed E-state index contributed by atoms with van der Waals surface area (Å²) in [6.45, 7) is 3.64. The van der Waals surface area contributed by atoms with Gasteiger partial charge >= 0.3 is 5.97 Å². The molecule has 0 saturated heterocycles. The first-order valence-electron chi connectivity index (χ1n) is 4.92. The van der Waals surface area contributed by atoms with Crippen LogP contribution in [0.15, 0.2) is 12.7 Å². The molecule has 1 rings (SSSR count). The van der Waals surface area contributed by atoms with Gasteiger partial charge in [0.25, 0.3) is 0 Å². The van der Waals surface area contributed by atoms with Gasteiger partial charge in [0, 0.05) is 6.42 Å². The van der Waals surface area contributed by atoms with Crippen LogP contribution in [-0.4, -0.2) is 18.9 Å². The normalized spacial score (nSPS) is 27.1. The van der Waals surface area contributed by atoms with Crippen molar-refractivity contribution < 1.29 is 14.3 Å². The molecule has 1 aliphatic carbocycles. The molecule has 3 heteroatoms. The highest BCUT2D eigenvalue weighted by Crippen LogP contribution is 2.30. The number of carbonyl (C=O) groups excluding carboxylic acids is 2. The number of rotatable bonds is 3. The summed E-state index contributed by atoms with van der Waals surface area (Å²) < 4.78 is 4.64. The maximum Gasteiger partial charge on any atom is 0.316 e. The van der Waals surface area contributed by atoms with Crippen molar-refractivity contribution in [2.75, 3.05) is 7.11 Å². The second-order valence-corrected chi connectivity index (χ2v) is 3.64. The van der Waals surface area contributed by atoms with E-state index in [9.17, 15) is 9.59 Å². The molecule has 0 aromatic rings. The minimum absolute atomic E-state index is 0.0231. The van der Waals surface area contributed by atoms with E-state index < -0.39 is 5.92 Å². The predicted octanol–water partition coefficient (Wildman–Crippen LogP) is 1.72. The topological polar surface area (TPSA) is 43.4 Å². The molecule has 1 saturated carbocycles. The second-order valence-electron chi connectivity index (χ2n) is 3.64. The summed E-state index contributed by atoms with van der Waals surface area (Å²) in [5, 5.41) is 0. The van der Waals surface area contributed by atoms with E-state index in [1.165, 1.54) is 7.11 Å². The summed E-state index contributed by atoms with van der Waals surface area (Å²) in [7, 11) is 1.33. The van der Waals surface area contributed by atoms with E-state index in [2.05, 4.69) is 11.3 Å². The zero-order chi connectivity index (χ0) is 10.6. The van der Waals surface area contributed by atoms with E-state index in [1.54, 1.807) is 6.08 Å². The van der Waals surface area contributed by atoms with Crippen molar-refractivity contribution in [1.82, 2.24) is 0 Å². The fraction of sp³-hybridized carbons (Fsp3) is 0.636. The quantitative estimate of drug-likeness (QED) is 0.392. The minimum Gasteiger partial charge on any atom is -0.468 e. The van der Waals surface area contributed by atoms with Crippen LogP contribution >= 0.6 is 0 Å². The smallest absolute Gasteiger partial charge is 0.316 e. The van der Waals surface area contributed by atoms with Gasteiger partial charge in [0.1, 0.15) is 11.7 Å². The summed E-state index contributed by atoms with van der Waals surface area (Å²) in [5.74, 6) is -0.815. The Labute approximate surface area is 84.1 Å². The van der Waals surface area contributed by atoms with E-state index in [1.807, 2.05) is 0 Å². The molecule has 0 radical (unpaired) electrons. The number of Topliss-reactive ketones (excluding diaryl/α,β-unsaturated/α-hetero) is 1. The molecule has 0 amide bonds. The summed E-state index contributed by atoms with van der Waals surface area (Å²) in [5.41, 5.74) is 0. The number of hydrogen-bond donors (Lipinski definition) is 0. The lowest BCUT2D eigenvalue weighted by molar-refractivity contribution is -0.153. The molecule has 1 fully saturated rings. The maximum absolute atomic E-state index is 11.5. The Kier molecular flexibility index (Phi) is 3.86. The van der Waals surface area contributed by atoms with Crippen molar-refractivity contribution in [1.29, 1.82) is 0 Å². The summed E-state index contributed by atoms with van der Waals surface area (Å²) in [4.78, 5) is 22.9. The lowest BCUT2D eigenvalue weighted by Gasteiger charge is -2.27. The average molecular weight is 196 g/mol. The van der Waals surface area contributed by atoms with Crippen LogP contribution in [0.25, 0.3) is 0 Å². The third-order valence-electron chi connectivity index (χ3n) is 2.74. The van der Waals surface area contributed by atoms with E-state index in [4.69, 9.17) is 0 Å². The van der Waals surface area contributed by atoms with Gasteiger partial charge < -0.3 is 4.74 Å². The summed E-state index contributed by atoms with van der Waals surface area (Å²) in [6.07, 6.45) is 4.78. The van der Waals surface area contributed by atoms with Crippen molar-refractivity contribution in [3.63, 3.8) is 0 Å². The monoisotopic (exact) mass is 196 g/mol. The number of esters is 1. The Morgan fingerprint density at radius 1 is 1.71 bits per heavy atom. The van der Waals surface area contributed by atoms with Crippen LogP contribution in [-0.2, 0) is 14.3 Å². The molecule has 0 spiro atoms. The van der Waals surface area contributed by atoms with Gasteiger partial charge in [0.05, 0.1) is 7.11 Å². The van der Waals surface area contributed by atoms with Crippen molar-refractivity contribution in [3.05, 3.63) is 12.7 Å². The van der Waals surface area contributed by atoms with Crippen molar-refractivity contribution >= 4 is 11.8 Å². The largest absolute Gasteiger partial charge is 0.468 e. The molecule has 0 heterocycles. The van der Waals surface area contributed by atoms with Crippen molar-refractivity contribution in [2.24, 2.45) is 11.8 Å². The van der Waals surface area contributed by atoms with E-state index in [0.717, 1.165) is 12.8 Å². The number of carbonyl (C=O) groups is 2. The van der Waals surface area contributed by atoms with E-state index in [0.29, 0.717) is 12.8 Å². The van der Waals surface area contributed by atoms with Gasteiger partial charge in [-0.15, -0.1) is 6.58 Å². The van der Waals surface area contributed by atoms with Crippen molar-refractivity contribution in [2.45, 2.75) is 25.7 Å². The maximum atomic E-state index is 11.5. The number of hydrogen-bond acceptors (Lipinski definition) is 3. The van der Waals surface area contributed by atoms with Gasteiger partial charge in [-0.3, -0.25) is 9.59 Å². The standard InChI is InChI=1S/C11H16O3/c1-3-5-8-6-4-7-9(12)10(8)11(13)14-2/h3,8,10H,1,4-7H2,2H3. The second kappa shape index (κ2) is 4.94. The number of methoxy groups -OCH3 is 1. The third kappa shape index (κ3) is 2.22. The van der Waals surface area contributed by atoms with Gasteiger partial charge in [0.15, 0.2) is 0 Å². The zero-order valence-electron chi connectivity index (χ0n) is 8.49. The van der Waals surface area contributed by atoms with Crippen LogP contribution < -0.4 is 0 Å². The van der Waals surface area contributed by atoms with Crippen LogP contribution in [0, 0.1) is 11.8 Å². The summed E-state index contributed by atoms with van der Waals surface area (Å²) >= 11 is 0. The molecule has 0 aliphatic heterocycles. The van der Waals surface area contributed by atoms with Gasteiger partial charge in [-0.2, -0.15) is 0 Å². The number of allylic oxidation sites excluding steroid dienone is 1. The zero-order valence-corrected chi connectivity index (χ0v) is 8.49. The van der Waals surface area contributed by atoms with Gasteiger partial charge in [0.2, 0.25) is 0 Å². The van der Waals surface area contributed by atoms with Crippen LogP contribution in [0.2, 0.25) is 0 Å². The van der Waals surface area contributed by atoms with Crippen molar-refractivity contribution in [3.8, 4) is 0 Å². The Balaban J connectivity index is 2.75. The molecule has 2 atom stereocenters. The number of ketones is 1. The fourth-order valence-corrected chi connectivity index (χ4v) is 2.04. The highest BCUT2D eigenvalue weighted by atomic mass is 16.5. The Hall–Kier alpha value is -1.12. The van der Waals surface area contributed by atoms with E-state index in [-0.39, 0.29) is 17.7 Å². The highest BCUT2D eigenvalue weighted by Gasteiger charge is 2.37. The van der Waals surface area contributed by atoms with Crippen LogP contribution in [0.5, 0.6) is 0 Å². The number of ether oxygens (including phenoxy) is 1. The fourth-order valence-electron chi connectivity index (χ4n) is 2.04. The third-order valence-corrected chi connectivity index (χ3v) is 2.74. The molecular formula is C11H16O3. The van der Waals surface area contributed by atoms with Crippen LogP contribution in [0.3, 0.4) is 0 Å². The van der Waals surface area contributed by atoms with Gasteiger partial charge in [-0.1, -0.05) is 6.08 Å². The molecular weight excluding hydrogens is 180 g/mol. The first kappa shape index (κ1) is 11.0. The predicted molar refractivity (Wildman–Crippen MR) is 52.7 cm³/mol. The molecule has 0 bridgehead atoms. The first-order chi connectivity index (χ1) is 6.70. The van der Waals surface area contributed by atoms with E-state index >= 15 is 0 Å². The molecule has 78 valence electrons. The van der Waals surface area contributed by atoms with Crippen LogP contribution in [0.1, 0.15) is 25.7 Å². The highest BCUT2D eigenvalue weighted by molar-refractivity contribution is 5.99. The van der Waals surface area contributed by atoms with Gasteiger partial charge in [-0.25, -0.2) is 0 Å².